The minimum absolute atomic E-state index is 0.280. The molecule has 0 aliphatic heterocycles. The van der Waals surface area contributed by atoms with Crippen LogP contribution in [0.15, 0.2) is 35.6 Å². The van der Waals surface area contributed by atoms with Gasteiger partial charge in [0.1, 0.15) is 4.90 Å². The summed E-state index contributed by atoms with van der Waals surface area (Å²) >= 11 is 1.46. The predicted molar refractivity (Wildman–Crippen MR) is 81.0 cm³/mol. The zero-order chi connectivity index (χ0) is 14.5. The van der Waals surface area contributed by atoms with Crippen molar-refractivity contribution >= 4 is 21.4 Å². The Bertz CT molecular complexity index is 537. The van der Waals surface area contributed by atoms with Gasteiger partial charge in [-0.25, -0.2) is 8.42 Å². The van der Waals surface area contributed by atoms with Gasteiger partial charge in [0.05, 0.1) is 0 Å². The van der Waals surface area contributed by atoms with Gasteiger partial charge in [0, 0.05) is 24.5 Å². The van der Waals surface area contributed by atoms with Crippen molar-refractivity contribution in [2.45, 2.75) is 18.4 Å². The fourth-order valence-electron chi connectivity index (χ4n) is 1.80. The van der Waals surface area contributed by atoms with Crippen LogP contribution in [0.1, 0.15) is 10.4 Å². The highest BCUT2D eigenvalue weighted by molar-refractivity contribution is 7.89. The van der Waals surface area contributed by atoms with E-state index in [1.54, 1.807) is 19.2 Å². The molecule has 4 nitrogen and oxygen atoms in total. The van der Waals surface area contributed by atoms with Crippen LogP contribution in [0, 0.1) is 6.92 Å². The van der Waals surface area contributed by atoms with E-state index in [0.717, 1.165) is 10.4 Å². The summed E-state index contributed by atoms with van der Waals surface area (Å²) in [5.74, 6) is 0. The smallest absolute Gasteiger partial charge is 0.245 e. The summed E-state index contributed by atoms with van der Waals surface area (Å²) in [4.78, 5) is 1.24. The van der Waals surface area contributed by atoms with E-state index in [2.05, 4.69) is 18.5 Å². The van der Waals surface area contributed by atoms with Gasteiger partial charge in [-0.1, -0.05) is 12.2 Å². The molecular formula is C13H20N2O2S2. The average Bonchev–Trinajstić information content (AvgIpc) is 2.71. The van der Waals surface area contributed by atoms with E-state index in [1.165, 1.54) is 15.6 Å². The normalized spacial score (nSPS) is 11.7. The number of rotatable bonds is 8. The van der Waals surface area contributed by atoms with Gasteiger partial charge >= 0.3 is 0 Å². The molecule has 0 bridgehead atoms. The molecule has 1 N–H and O–H groups in total. The van der Waals surface area contributed by atoms with Gasteiger partial charge in [-0.3, -0.25) is 0 Å². The number of aryl methyl sites for hydroxylation is 1. The summed E-state index contributed by atoms with van der Waals surface area (Å²) in [6.45, 7) is 10.1. The van der Waals surface area contributed by atoms with Crippen molar-refractivity contribution in [3.8, 4) is 0 Å². The number of thiophene rings is 1. The lowest BCUT2D eigenvalue weighted by atomic mass is 10.3. The average molecular weight is 300 g/mol. The Kier molecular flexibility index (Phi) is 5.93. The molecule has 0 saturated carbocycles. The Morgan fingerprint density at radius 3 is 2.42 bits per heavy atom. The van der Waals surface area contributed by atoms with E-state index in [-0.39, 0.29) is 13.1 Å². The molecule has 1 heterocycles. The second kappa shape index (κ2) is 7.00. The predicted octanol–water partition coefficient (Wildman–Crippen LogP) is 2.14. The highest BCUT2D eigenvalue weighted by Crippen LogP contribution is 2.29. The zero-order valence-electron chi connectivity index (χ0n) is 11.3. The molecule has 19 heavy (non-hydrogen) atoms. The van der Waals surface area contributed by atoms with E-state index >= 15 is 0 Å². The first-order chi connectivity index (χ1) is 8.98. The number of hydrogen-bond donors (Lipinski definition) is 1. The molecule has 0 unspecified atom stereocenters. The molecule has 0 aliphatic carbocycles. The van der Waals surface area contributed by atoms with E-state index in [9.17, 15) is 8.42 Å². The van der Waals surface area contributed by atoms with E-state index in [1.807, 2.05) is 12.3 Å². The highest BCUT2D eigenvalue weighted by Gasteiger charge is 2.28. The largest absolute Gasteiger partial charge is 0.315 e. The molecule has 0 atom stereocenters. The Morgan fingerprint density at radius 2 is 1.95 bits per heavy atom. The summed E-state index contributed by atoms with van der Waals surface area (Å²) in [6.07, 6.45) is 3.17. The van der Waals surface area contributed by atoms with Gasteiger partial charge in [-0.15, -0.1) is 24.5 Å². The lowest BCUT2D eigenvalue weighted by Crippen LogP contribution is -2.32. The summed E-state index contributed by atoms with van der Waals surface area (Å²) in [7, 11) is -1.70. The third-order valence-corrected chi connectivity index (χ3v) is 5.89. The van der Waals surface area contributed by atoms with Crippen molar-refractivity contribution in [3.63, 3.8) is 0 Å². The first-order valence-corrected chi connectivity index (χ1v) is 8.24. The van der Waals surface area contributed by atoms with Crippen LogP contribution in [0.2, 0.25) is 0 Å². The lowest BCUT2D eigenvalue weighted by molar-refractivity contribution is 0.473. The van der Waals surface area contributed by atoms with E-state index in [0.29, 0.717) is 11.4 Å². The Hall–Kier alpha value is -0.950. The highest BCUT2D eigenvalue weighted by atomic mass is 32.2. The summed E-state index contributed by atoms with van der Waals surface area (Å²) in [5.41, 5.74) is 0.786. The molecule has 6 heteroatoms. The maximum atomic E-state index is 12.7. The summed E-state index contributed by atoms with van der Waals surface area (Å²) < 4.78 is 26.8. The molecule has 1 aromatic rings. The molecule has 0 saturated heterocycles. The van der Waals surface area contributed by atoms with Crippen molar-refractivity contribution in [1.82, 2.24) is 9.62 Å². The van der Waals surface area contributed by atoms with Gasteiger partial charge < -0.3 is 5.32 Å². The second-order valence-corrected chi connectivity index (χ2v) is 6.94. The fourth-order valence-corrected chi connectivity index (χ4v) is 4.96. The number of nitrogens with one attached hydrogen (secondary N) is 1. The Labute approximate surface area is 119 Å². The zero-order valence-corrected chi connectivity index (χ0v) is 13.0. The first kappa shape index (κ1) is 16.1. The maximum Gasteiger partial charge on any atom is 0.245 e. The van der Waals surface area contributed by atoms with Crippen LogP contribution in [-0.2, 0) is 16.6 Å². The van der Waals surface area contributed by atoms with Gasteiger partial charge in [0.2, 0.25) is 10.0 Å². The van der Waals surface area contributed by atoms with Crippen LogP contribution >= 0.6 is 11.3 Å². The fraction of sp³-hybridized carbons (Fsp3) is 0.385. The molecule has 0 fully saturated rings. The second-order valence-electron chi connectivity index (χ2n) is 4.10. The molecule has 1 aromatic heterocycles. The van der Waals surface area contributed by atoms with E-state index in [4.69, 9.17) is 0 Å². The quantitative estimate of drug-likeness (QED) is 0.748. The van der Waals surface area contributed by atoms with Gasteiger partial charge in [-0.05, 0) is 24.9 Å². The van der Waals surface area contributed by atoms with Crippen LogP contribution in [0.4, 0.5) is 0 Å². The molecule has 0 radical (unpaired) electrons. The molecule has 0 aromatic carbocycles. The molecule has 106 valence electrons. The summed E-state index contributed by atoms with van der Waals surface area (Å²) in [5, 5.41) is 4.87. The van der Waals surface area contributed by atoms with E-state index < -0.39 is 10.0 Å². The number of nitrogens with zero attached hydrogens (tertiary/aromatic N) is 1. The van der Waals surface area contributed by atoms with Crippen molar-refractivity contribution in [2.75, 3.05) is 20.1 Å². The minimum Gasteiger partial charge on any atom is -0.315 e. The molecular weight excluding hydrogens is 280 g/mol. The van der Waals surface area contributed by atoms with Crippen LogP contribution in [0.25, 0.3) is 0 Å². The van der Waals surface area contributed by atoms with Crippen LogP contribution in [0.3, 0.4) is 0 Å². The van der Waals surface area contributed by atoms with Gasteiger partial charge in [0.25, 0.3) is 0 Å². The van der Waals surface area contributed by atoms with Crippen molar-refractivity contribution < 1.29 is 8.42 Å². The lowest BCUT2D eigenvalue weighted by Gasteiger charge is -2.20. The molecule has 0 aliphatic rings. The van der Waals surface area contributed by atoms with Gasteiger partial charge in [0.15, 0.2) is 0 Å². The third-order valence-electron chi connectivity index (χ3n) is 2.59. The number of sulfonamides is 1. The van der Waals surface area contributed by atoms with Gasteiger partial charge in [-0.2, -0.15) is 4.31 Å². The molecule has 1 rings (SSSR count). The maximum absolute atomic E-state index is 12.7. The third kappa shape index (κ3) is 3.54. The van der Waals surface area contributed by atoms with Crippen LogP contribution < -0.4 is 5.32 Å². The van der Waals surface area contributed by atoms with Crippen LogP contribution in [-0.4, -0.2) is 32.9 Å². The Balaban J connectivity index is 3.27. The van der Waals surface area contributed by atoms with Crippen molar-refractivity contribution in [1.29, 1.82) is 0 Å². The summed E-state index contributed by atoms with van der Waals surface area (Å²) in [6, 6.07) is 0. The monoisotopic (exact) mass is 300 g/mol. The van der Waals surface area contributed by atoms with Crippen LogP contribution in [0.5, 0.6) is 0 Å². The minimum atomic E-state index is -3.50. The topological polar surface area (TPSA) is 49.4 Å². The first-order valence-electron chi connectivity index (χ1n) is 5.92. The Morgan fingerprint density at radius 1 is 1.37 bits per heavy atom. The number of hydrogen-bond acceptors (Lipinski definition) is 4. The molecule has 0 spiro atoms. The standard InChI is InChI=1S/C13H20N2O2S2/c1-5-7-15(8-6-2)19(16,17)13-11(3)10-18-12(13)9-14-4/h5-6,10,14H,1-2,7-9H2,3-4H3. The van der Waals surface area contributed by atoms with Crippen molar-refractivity contribution in [2.24, 2.45) is 0 Å². The van der Waals surface area contributed by atoms with Crippen molar-refractivity contribution in [3.05, 3.63) is 41.1 Å². The SMILES string of the molecule is C=CCN(CC=C)S(=O)(=O)c1c(C)csc1CNC. The molecule has 0 amide bonds.